The molecule has 0 bridgehead atoms. The van der Waals surface area contributed by atoms with Gasteiger partial charge in [-0.25, -0.2) is 0 Å². The van der Waals surface area contributed by atoms with E-state index in [2.05, 4.69) is 38.5 Å². The number of aliphatic hydroxyl groups is 3. The van der Waals surface area contributed by atoms with Crippen LogP contribution in [0.25, 0.3) is 0 Å². The second kappa shape index (κ2) is 20.0. The number of nitrogens with two attached hydrogens (primary N) is 4. The highest BCUT2D eigenvalue weighted by atomic mass is 16.5. The fourth-order valence-electron chi connectivity index (χ4n) is 6.31. The van der Waals surface area contributed by atoms with Crippen molar-refractivity contribution in [2.45, 2.75) is 131 Å². The Morgan fingerprint density at radius 3 is 2.20 bits per heavy atom. The van der Waals surface area contributed by atoms with Gasteiger partial charge in [0.1, 0.15) is 24.4 Å². The van der Waals surface area contributed by atoms with Gasteiger partial charge >= 0.3 is 0 Å². The van der Waals surface area contributed by atoms with E-state index < -0.39 is 60.6 Å². The molecule has 3 aliphatic rings. The minimum Gasteiger partial charge on any atom is -0.389 e. The van der Waals surface area contributed by atoms with Gasteiger partial charge in [0.05, 0.1) is 30.1 Å². The summed E-state index contributed by atoms with van der Waals surface area (Å²) in [5.74, 6) is -0.318. The molecule has 3 rings (SSSR count). The second-order valence-corrected chi connectivity index (χ2v) is 13.6. The third kappa shape index (κ3) is 13.0. The number of amides is 3. The van der Waals surface area contributed by atoms with E-state index in [1.54, 1.807) is 13.0 Å². The fraction of sp³-hybridized carbons (Fsp3) is 0.781. The van der Waals surface area contributed by atoms with Gasteiger partial charge in [-0.05, 0) is 58.1 Å². The Balaban J connectivity index is 1.34. The molecule has 17 N–H and O–H groups in total. The summed E-state index contributed by atoms with van der Waals surface area (Å²) in [6.07, 6.45) is 1.76. The zero-order chi connectivity index (χ0) is 36.1. The van der Waals surface area contributed by atoms with E-state index >= 15 is 0 Å². The van der Waals surface area contributed by atoms with Crippen molar-refractivity contribution >= 4 is 17.7 Å². The number of fused-ring (bicyclic) bond motifs is 1. The number of piperidine rings is 1. The Hall–Kier alpha value is -3.03. The Morgan fingerprint density at radius 1 is 0.939 bits per heavy atom. The number of carbonyl (C=O) groups excluding carboxylic acids is 3. The number of carbonyl (C=O) groups is 3. The summed E-state index contributed by atoms with van der Waals surface area (Å²) in [4.78, 5) is 37.2. The Morgan fingerprint density at radius 2 is 1.55 bits per heavy atom. The van der Waals surface area contributed by atoms with Crippen molar-refractivity contribution in [3.8, 4) is 0 Å². The van der Waals surface area contributed by atoms with Crippen molar-refractivity contribution in [1.29, 1.82) is 0 Å². The standard InChI is InChI=1S/C32H60N10O7/c1-17(12-19(34)7-5-11-38-25(44)13-20(35)6-3-9-33)37-10-4-8-21(36)14-26(45)42-28-23(49-18(2)30(46)31(28)47)15-24-40-27-22(43)16-39-32(48)29(27)41-24/h15,18-23,27-31,37,40-41,43,46-47H,1,3-14,16,33-36H2,2H3,(H,38,44)(H,39,48)(H,42,45)/b24-15+/t18?,19-,20-,21-,22+,23?,27+,28?,29+,30?,31?/m0/s1. The predicted octanol–water partition coefficient (Wildman–Crippen LogP) is -4.09. The third-order valence-electron chi connectivity index (χ3n) is 9.14. The highest BCUT2D eigenvalue weighted by Gasteiger charge is 2.46. The molecule has 0 radical (unpaired) electrons. The molecule has 5 unspecified atom stereocenters. The number of hydrogen-bond donors (Lipinski definition) is 13. The van der Waals surface area contributed by atoms with Crippen LogP contribution >= 0.6 is 0 Å². The smallest absolute Gasteiger partial charge is 0.244 e. The van der Waals surface area contributed by atoms with Gasteiger partial charge in [0.25, 0.3) is 0 Å². The van der Waals surface area contributed by atoms with Crippen LogP contribution in [-0.2, 0) is 19.1 Å². The summed E-state index contributed by atoms with van der Waals surface area (Å²) in [5, 5.41) is 49.2. The zero-order valence-corrected chi connectivity index (χ0v) is 28.6. The Labute approximate surface area is 288 Å². The van der Waals surface area contributed by atoms with Crippen LogP contribution in [0.4, 0.5) is 0 Å². The summed E-state index contributed by atoms with van der Waals surface area (Å²) in [6, 6.07) is -2.95. The Bertz CT molecular complexity index is 1130. The molecular weight excluding hydrogens is 636 g/mol. The maximum atomic E-state index is 13.0. The first-order valence-corrected chi connectivity index (χ1v) is 17.5. The molecule has 0 aromatic carbocycles. The normalized spacial score (nSPS) is 30.6. The molecule has 3 fully saturated rings. The maximum absolute atomic E-state index is 13.0. The molecule has 0 aliphatic carbocycles. The number of rotatable bonds is 20. The van der Waals surface area contributed by atoms with E-state index in [0.717, 1.165) is 31.4 Å². The molecule has 49 heavy (non-hydrogen) atoms. The molecule has 3 amide bonds. The van der Waals surface area contributed by atoms with E-state index in [4.69, 9.17) is 27.7 Å². The van der Waals surface area contributed by atoms with Gasteiger partial charge in [-0.2, -0.15) is 0 Å². The Kier molecular flexibility index (Phi) is 16.5. The van der Waals surface area contributed by atoms with Crippen LogP contribution in [0.15, 0.2) is 24.2 Å². The molecule has 17 nitrogen and oxygen atoms in total. The first-order chi connectivity index (χ1) is 23.3. The van der Waals surface area contributed by atoms with Gasteiger partial charge in [-0.1, -0.05) is 6.58 Å². The largest absolute Gasteiger partial charge is 0.389 e. The third-order valence-corrected chi connectivity index (χ3v) is 9.14. The fourth-order valence-corrected chi connectivity index (χ4v) is 6.31. The quantitative estimate of drug-likeness (QED) is 0.0539. The molecule has 3 heterocycles. The number of nitrogens with one attached hydrogen (secondary N) is 6. The van der Waals surface area contributed by atoms with Crippen molar-refractivity contribution < 1.29 is 34.4 Å². The highest BCUT2D eigenvalue weighted by molar-refractivity contribution is 5.84. The molecule has 0 saturated carbocycles. The van der Waals surface area contributed by atoms with Gasteiger partial charge in [0, 0.05) is 62.7 Å². The average Bonchev–Trinajstić information content (AvgIpc) is 3.48. The van der Waals surface area contributed by atoms with Crippen LogP contribution in [0.1, 0.15) is 64.7 Å². The van der Waals surface area contributed by atoms with Crippen LogP contribution in [0.3, 0.4) is 0 Å². The summed E-state index contributed by atoms with van der Waals surface area (Å²) < 4.78 is 5.92. The van der Waals surface area contributed by atoms with Crippen molar-refractivity contribution in [2.24, 2.45) is 22.9 Å². The molecule has 3 aliphatic heterocycles. The van der Waals surface area contributed by atoms with Crippen LogP contribution in [0.5, 0.6) is 0 Å². The van der Waals surface area contributed by atoms with Crippen molar-refractivity contribution in [2.75, 3.05) is 26.2 Å². The number of ether oxygens (including phenoxy) is 1. The van der Waals surface area contributed by atoms with Crippen LogP contribution in [0, 0.1) is 0 Å². The van der Waals surface area contributed by atoms with Crippen molar-refractivity contribution in [1.82, 2.24) is 31.9 Å². The summed E-state index contributed by atoms with van der Waals surface area (Å²) in [7, 11) is 0. The van der Waals surface area contributed by atoms with Gasteiger partial charge in [-0.15, -0.1) is 0 Å². The first-order valence-electron chi connectivity index (χ1n) is 17.5. The molecular formula is C32H60N10O7. The van der Waals surface area contributed by atoms with E-state index in [1.165, 1.54) is 0 Å². The lowest BCUT2D eigenvalue weighted by Crippen LogP contribution is -2.62. The SMILES string of the molecule is C=C(C[C@@H](N)CCCNC(=O)C[C@@H](N)CCCN)NCCC[C@H](N)CC(=O)NC1C(/C=C2\N[C@@H]3[C@H](O)CNC(=O)[C@@H]3N2)OC(C)C(O)C1O. The lowest BCUT2D eigenvalue weighted by molar-refractivity contribution is -0.168. The zero-order valence-electron chi connectivity index (χ0n) is 28.6. The molecule has 0 spiro atoms. The number of aliphatic hydroxyl groups excluding tert-OH is 3. The summed E-state index contributed by atoms with van der Waals surface area (Å²) in [6.45, 7) is 7.48. The monoisotopic (exact) mass is 696 g/mol. The van der Waals surface area contributed by atoms with Gasteiger partial charge in [0.15, 0.2) is 0 Å². The van der Waals surface area contributed by atoms with Crippen LogP contribution < -0.4 is 54.8 Å². The molecule has 11 atom stereocenters. The second-order valence-electron chi connectivity index (χ2n) is 13.6. The molecule has 280 valence electrons. The number of β-amino-alcohol motifs (C(OH)–C–C–N with tert-alkyl or cyclic N) is 1. The predicted molar refractivity (Wildman–Crippen MR) is 184 cm³/mol. The molecule has 17 heteroatoms. The van der Waals surface area contributed by atoms with Crippen molar-refractivity contribution in [3.05, 3.63) is 24.2 Å². The minimum atomic E-state index is -1.32. The molecule has 0 aromatic heterocycles. The highest BCUT2D eigenvalue weighted by Crippen LogP contribution is 2.24. The van der Waals surface area contributed by atoms with Crippen molar-refractivity contribution in [3.63, 3.8) is 0 Å². The lowest BCUT2D eigenvalue weighted by Gasteiger charge is -2.41. The topological polar surface area (TPSA) is 297 Å². The minimum absolute atomic E-state index is 0.00678. The maximum Gasteiger partial charge on any atom is 0.244 e. The first kappa shape index (κ1) is 40.4. The van der Waals surface area contributed by atoms with E-state index in [9.17, 15) is 29.7 Å². The van der Waals surface area contributed by atoms with Gasteiger partial charge in [0.2, 0.25) is 17.7 Å². The number of hydrogen-bond acceptors (Lipinski definition) is 14. The van der Waals surface area contributed by atoms with Crippen LogP contribution in [0.2, 0.25) is 0 Å². The van der Waals surface area contributed by atoms with Gasteiger partial charge < -0.3 is 74.9 Å². The van der Waals surface area contributed by atoms with Gasteiger partial charge in [-0.3, -0.25) is 14.4 Å². The van der Waals surface area contributed by atoms with Crippen LogP contribution in [-0.4, -0.2) is 126 Å². The van der Waals surface area contributed by atoms with E-state index in [1.807, 2.05) is 0 Å². The lowest BCUT2D eigenvalue weighted by atomic mass is 9.92. The molecule has 0 aromatic rings. The summed E-state index contributed by atoms with van der Waals surface area (Å²) >= 11 is 0. The average molecular weight is 697 g/mol. The summed E-state index contributed by atoms with van der Waals surface area (Å²) in [5.41, 5.74) is 24.7. The van der Waals surface area contributed by atoms with E-state index in [0.29, 0.717) is 44.7 Å². The van der Waals surface area contributed by atoms with E-state index in [-0.39, 0.29) is 43.3 Å². The molecule has 3 saturated heterocycles.